The third-order valence-electron chi connectivity index (χ3n) is 4.21. The molecule has 0 atom stereocenters. The smallest absolute Gasteiger partial charge is 0.00489 e. The summed E-state index contributed by atoms with van der Waals surface area (Å²) in [5.74, 6) is 0. The molecule has 0 radical (unpaired) electrons. The van der Waals surface area contributed by atoms with Crippen LogP contribution >= 0.6 is 0 Å². The van der Waals surface area contributed by atoms with Crippen molar-refractivity contribution in [2.45, 2.75) is 96.3 Å². The Kier molecular flexibility index (Phi) is 11.9. The Balaban J connectivity index is 0.000000137. The molecule has 3 rings (SSSR count). The zero-order chi connectivity index (χ0) is 12.7. The van der Waals surface area contributed by atoms with E-state index in [0.29, 0.717) is 0 Å². The highest BCUT2D eigenvalue weighted by Gasteiger charge is 1.96. The van der Waals surface area contributed by atoms with Gasteiger partial charge in [0.25, 0.3) is 0 Å². The van der Waals surface area contributed by atoms with Crippen LogP contribution in [0, 0.1) is 0 Å². The minimum atomic E-state index is 1.25. The zero-order valence-electron chi connectivity index (χ0n) is 12.5. The maximum absolute atomic E-state index is 3.35. The molecule has 18 heavy (non-hydrogen) atoms. The van der Waals surface area contributed by atoms with Gasteiger partial charge in [0.05, 0.1) is 0 Å². The Morgan fingerprint density at radius 2 is 0.500 bits per heavy atom. The summed E-state index contributed by atoms with van der Waals surface area (Å²) in [6.07, 6.45) is 22.2. The monoisotopic (exact) mass is 253 g/mol. The van der Waals surface area contributed by atoms with Crippen LogP contribution in [0.3, 0.4) is 0 Å². The zero-order valence-corrected chi connectivity index (χ0v) is 12.5. The van der Waals surface area contributed by atoms with E-state index in [4.69, 9.17) is 0 Å². The summed E-state index contributed by atoms with van der Waals surface area (Å²) in [6, 6.07) is 0. The molecule has 0 aromatic carbocycles. The molecular weight excluding hydrogens is 218 g/mol. The van der Waals surface area contributed by atoms with Crippen molar-refractivity contribution in [2.75, 3.05) is 13.1 Å². The fraction of sp³-hybridized carbons (Fsp3) is 1.00. The molecule has 0 amide bonds. The van der Waals surface area contributed by atoms with E-state index in [1.165, 1.54) is 109 Å². The molecule has 2 saturated carbocycles. The van der Waals surface area contributed by atoms with Crippen molar-refractivity contribution in [1.82, 2.24) is 5.32 Å². The lowest BCUT2D eigenvalue weighted by molar-refractivity contribution is 0.504. The number of nitrogens with one attached hydrogen (secondary N) is 1. The van der Waals surface area contributed by atoms with Crippen molar-refractivity contribution in [1.29, 1.82) is 0 Å². The van der Waals surface area contributed by atoms with E-state index in [1.807, 2.05) is 0 Å². The lowest BCUT2D eigenvalue weighted by Crippen LogP contribution is -2.12. The molecule has 2 aliphatic carbocycles. The molecule has 1 heterocycles. The Morgan fingerprint density at radius 1 is 0.278 bits per heavy atom. The summed E-state index contributed by atoms with van der Waals surface area (Å²) in [6.45, 7) is 2.50. The number of hydrogen-bond donors (Lipinski definition) is 1. The van der Waals surface area contributed by atoms with Crippen LogP contribution in [-0.2, 0) is 0 Å². The summed E-state index contributed by atoms with van der Waals surface area (Å²) in [5.41, 5.74) is 0. The van der Waals surface area contributed by atoms with E-state index in [1.54, 1.807) is 0 Å². The minimum absolute atomic E-state index is 1.25. The van der Waals surface area contributed by atoms with Crippen molar-refractivity contribution in [3.05, 3.63) is 0 Å². The molecule has 1 heteroatoms. The van der Waals surface area contributed by atoms with E-state index in [0.717, 1.165) is 0 Å². The van der Waals surface area contributed by atoms with E-state index in [9.17, 15) is 0 Å². The lowest BCUT2D eigenvalue weighted by atomic mass is 10.0. The predicted octanol–water partition coefficient (Wildman–Crippen LogP) is 5.44. The van der Waals surface area contributed by atoms with Crippen molar-refractivity contribution in [2.24, 2.45) is 0 Å². The molecule has 0 spiro atoms. The van der Waals surface area contributed by atoms with Gasteiger partial charge in [-0.15, -0.1) is 0 Å². The second-order valence-electron chi connectivity index (χ2n) is 6.05. The Morgan fingerprint density at radius 3 is 0.778 bits per heavy atom. The molecule has 1 nitrogen and oxygen atoms in total. The van der Waals surface area contributed by atoms with E-state index in [-0.39, 0.29) is 0 Å². The molecule has 0 aromatic heterocycles. The second-order valence-corrected chi connectivity index (χ2v) is 6.05. The molecular formula is C17H35N. The number of hydrogen-bond acceptors (Lipinski definition) is 1. The molecule has 0 aromatic rings. The van der Waals surface area contributed by atoms with Gasteiger partial charge in [-0.3, -0.25) is 0 Å². The van der Waals surface area contributed by atoms with Crippen LogP contribution in [0.25, 0.3) is 0 Å². The first-order chi connectivity index (χ1) is 9.00. The van der Waals surface area contributed by atoms with E-state index < -0.39 is 0 Å². The standard InChI is InChI=1S/C6H13N.C6H12.C5H10/c1-2-4-6-7-5-3-1;1-2-4-6-5-3-1;1-2-4-5-3-1/h7H,1-6H2;1-6H2;1-5H2. The normalized spacial score (nSPS) is 24.0. The largest absolute Gasteiger partial charge is 0.317 e. The fourth-order valence-electron chi connectivity index (χ4n) is 2.92. The van der Waals surface area contributed by atoms with Crippen LogP contribution in [-0.4, -0.2) is 13.1 Å². The van der Waals surface area contributed by atoms with Gasteiger partial charge in [-0.2, -0.15) is 0 Å². The van der Waals surface area contributed by atoms with Gasteiger partial charge >= 0.3 is 0 Å². The maximum atomic E-state index is 3.35. The van der Waals surface area contributed by atoms with Crippen molar-refractivity contribution in [3.8, 4) is 0 Å². The molecule has 1 aliphatic heterocycles. The first kappa shape index (κ1) is 16.0. The third kappa shape index (κ3) is 11.1. The summed E-state index contributed by atoms with van der Waals surface area (Å²) in [5, 5.41) is 3.35. The van der Waals surface area contributed by atoms with Crippen LogP contribution in [0.1, 0.15) is 96.3 Å². The van der Waals surface area contributed by atoms with Crippen molar-refractivity contribution >= 4 is 0 Å². The minimum Gasteiger partial charge on any atom is -0.317 e. The molecule has 1 N–H and O–H groups in total. The SMILES string of the molecule is C1CCCC1.C1CCCCC1.C1CCCNCC1. The highest BCUT2D eigenvalue weighted by Crippen LogP contribution is 2.15. The van der Waals surface area contributed by atoms with Gasteiger partial charge in [-0.05, 0) is 25.9 Å². The first-order valence-electron chi connectivity index (χ1n) is 8.71. The van der Waals surface area contributed by atoms with Gasteiger partial charge in [0.1, 0.15) is 0 Å². The van der Waals surface area contributed by atoms with Crippen LogP contribution in [0.15, 0.2) is 0 Å². The highest BCUT2D eigenvalue weighted by atomic mass is 14.8. The van der Waals surface area contributed by atoms with Crippen molar-refractivity contribution in [3.63, 3.8) is 0 Å². The molecule has 108 valence electrons. The van der Waals surface area contributed by atoms with Crippen LogP contribution in [0.4, 0.5) is 0 Å². The first-order valence-corrected chi connectivity index (χ1v) is 8.71. The number of rotatable bonds is 0. The summed E-state index contributed by atoms with van der Waals surface area (Å²) >= 11 is 0. The molecule has 1 saturated heterocycles. The van der Waals surface area contributed by atoms with Gasteiger partial charge in [-0.25, -0.2) is 0 Å². The van der Waals surface area contributed by atoms with Crippen LogP contribution in [0.5, 0.6) is 0 Å². The predicted molar refractivity (Wildman–Crippen MR) is 82.1 cm³/mol. The Labute approximate surface area is 115 Å². The van der Waals surface area contributed by atoms with E-state index >= 15 is 0 Å². The van der Waals surface area contributed by atoms with Crippen LogP contribution in [0.2, 0.25) is 0 Å². The average molecular weight is 253 g/mol. The third-order valence-corrected chi connectivity index (χ3v) is 4.21. The molecule has 0 unspecified atom stereocenters. The van der Waals surface area contributed by atoms with Crippen molar-refractivity contribution < 1.29 is 0 Å². The fourth-order valence-corrected chi connectivity index (χ4v) is 2.92. The lowest BCUT2D eigenvalue weighted by Gasteiger charge is -2.05. The maximum Gasteiger partial charge on any atom is -0.00489 e. The molecule has 3 aliphatic rings. The summed E-state index contributed by atoms with van der Waals surface area (Å²) < 4.78 is 0. The molecule has 3 fully saturated rings. The average Bonchev–Trinajstić information content (AvgIpc) is 2.90. The Hall–Kier alpha value is -0.0400. The molecule has 0 bridgehead atoms. The Bertz CT molecular complexity index is 109. The quantitative estimate of drug-likeness (QED) is 0.606. The van der Waals surface area contributed by atoms with Gasteiger partial charge in [0.2, 0.25) is 0 Å². The van der Waals surface area contributed by atoms with Crippen LogP contribution < -0.4 is 5.32 Å². The summed E-state index contributed by atoms with van der Waals surface area (Å²) in [4.78, 5) is 0. The highest BCUT2D eigenvalue weighted by molar-refractivity contribution is 4.54. The van der Waals surface area contributed by atoms with Gasteiger partial charge in [0.15, 0.2) is 0 Å². The summed E-state index contributed by atoms with van der Waals surface area (Å²) in [7, 11) is 0. The van der Waals surface area contributed by atoms with Gasteiger partial charge in [0, 0.05) is 0 Å². The van der Waals surface area contributed by atoms with Gasteiger partial charge < -0.3 is 5.32 Å². The van der Waals surface area contributed by atoms with Gasteiger partial charge in [-0.1, -0.05) is 83.5 Å². The second kappa shape index (κ2) is 13.4. The van der Waals surface area contributed by atoms with E-state index in [2.05, 4.69) is 5.32 Å². The topological polar surface area (TPSA) is 12.0 Å².